The van der Waals surface area contributed by atoms with E-state index in [1.54, 1.807) is 18.2 Å². The van der Waals surface area contributed by atoms with Crippen molar-refractivity contribution < 1.29 is 23.1 Å². The van der Waals surface area contributed by atoms with E-state index >= 15 is 0 Å². The molecule has 1 N–H and O–H groups in total. The molecule has 1 fully saturated rings. The Morgan fingerprint density at radius 1 is 1.10 bits per heavy atom. The van der Waals surface area contributed by atoms with Crippen LogP contribution in [0.4, 0.5) is 18.9 Å². The number of carboxylic acids is 1. The highest BCUT2D eigenvalue weighted by Gasteiger charge is 2.33. The third-order valence-electron chi connectivity index (χ3n) is 5.49. The number of alkyl halides is 3. The number of hydrogen-bond donors (Lipinski definition) is 1. The average molecular weight is 433 g/mol. The van der Waals surface area contributed by atoms with Crippen molar-refractivity contribution in [3.63, 3.8) is 0 Å². The summed E-state index contributed by atoms with van der Waals surface area (Å²) in [4.78, 5) is 26.2. The van der Waals surface area contributed by atoms with Crippen LogP contribution in [0.3, 0.4) is 0 Å². The van der Waals surface area contributed by atoms with Crippen LogP contribution in [0.25, 0.3) is 16.7 Å². The summed E-state index contributed by atoms with van der Waals surface area (Å²) in [6.07, 6.45) is -4.51. The lowest BCUT2D eigenvalue weighted by atomic mass is 9.99. The van der Waals surface area contributed by atoms with Crippen LogP contribution >= 0.6 is 0 Å². The number of benzene rings is 2. The zero-order valence-corrected chi connectivity index (χ0v) is 17.1. The molecule has 1 saturated heterocycles. The molecule has 164 valence electrons. The number of carbonyl (C=O) groups is 1. The minimum Gasteiger partial charge on any atom is -0.481 e. The van der Waals surface area contributed by atoms with Crippen LogP contribution in [0.1, 0.15) is 19.4 Å². The molecule has 0 saturated carbocycles. The van der Waals surface area contributed by atoms with Gasteiger partial charge in [-0.3, -0.25) is 13.9 Å². The fraction of sp³-hybridized carbons (Fsp3) is 0.364. The van der Waals surface area contributed by atoms with Gasteiger partial charge in [-0.1, -0.05) is 19.9 Å². The Kier molecular flexibility index (Phi) is 5.07. The SMILES string of the molecule is CC(C)Cn1c(=O)n(-c2cccc(N3CC(C(=O)O)C3)c2)c2ccc(C(F)(F)F)cc21. The highest BCUT2D eigenvalue weighted by Crippen LogP contribution is 2.33. The molecule has 31 heavy (non-hydrogen) atoms. The summed E-state index contributed by atoms with van der Waals surface area (Å²) in [7, 11) is 0. The van der Waals surface area contributed by atoms with Gasteiger partial charge in [-0.05, 0) is 42.3 Å². The van der Waals surface area contributed by atoms with E-state index in [0.717, 1.165) is 17.8 Å². The average Bonchev–Trinajstić information content (AvgIpc) is 2.90. The molecule has 2 heterocycles. The normalized spacial score (nSPS) is 15.0. The fourth-order valence-electron chi connectivity index (χ4n) is 3.90. The topological polar surface area (TPSA) is 67.5 Å². The van der Waals surface area contributed by atoms with Crippen LogP contribution in [-0.2, 0) is 17.5 Å². The lowest BCUT2D eigenvalue weighted by molar-refractivity contribution is -0.142. The molecule has 0 aliphatic carbocycles. The number of fused-ring (bicyclic) bond motifs is 1. The summed E-state index contributed by atoms with van der Waals surface area (Å²) in [5, 5.41) is 9.08. The van der Waals surface area contributed by atoms with E-state index in [2.05, 4.69) is 0 Å². The van der Waals surface area contributed by atoms with E-state index in [9.17, 15) is 22.8 Å². The Bertz CT molecular complexity index is 1200. The number of carboxylic acid groups (broad SMARTS) is 1. The van der Waals surface area contributed by atoms with Gasteiger partial charge in [0.25, 0.3) is 0 Å². The molecule has 6 nitrogen and oxygen atoms in total. The second kappa shape index (κ2) is 7.47. The zero-order chi connectivity index (χ0) is 22.5. The third-order valence-corrected chi connectivity index (χ3v) is 5.49. The van der Waals surface area contributed by atoms with E-state index in [4.69, 9.17) is 5.11 Å². The van der Waals surface area contributed by atoms with Crippen molar-refractivity contribution in [2.24, 2.45) is 11.8 Å². The fourth-order valence-corrected chi connectivity index (χ4v) is 3.90. The number of halogens is 3. The minimum absolute atomic E-state index is 0.0617. The van der Waals surface area contributed by atoms with Gasteiger partial charge in [-0.25, -0.2) is 4.79 Å². The van der Waals surface area contributed by atoms with Crippen molar-refractivity contribution in [2.45, 2.75) is 26.6 Å². The molecule has 0 atom stereocenters. The van der Waals surface area contributed by atoms with Gasteiger partial charge in [0.1, 0.15) is 0 Å². The zero-order valence-electron chi connectivity index (χ0n) is 17.1. The number of hydrogen-bond acceptors (Lipinski definition) is 3. The highest BCUT2D eigenvalue weighted by atomic mass is 19.4. The molecule has 1 aliphatic heterocycles. The lowest BCUT2D eigenvalue weighted by Gasteiger charge is -2.38. The summed E-state index contributed by atoms with van der Waals surface area (Å²) >= 11 is 0. The molecular formula is C22H22F3N3O3. The maximum absolute atomic E-state index is 13.3. The van der Waals surface area contributed by atoms with E-state index in [1.807, 2.05) is 24.8 Å². The highest BCUT2D eigenvalue weighted by molar-refractivity contribution is 5.80. The molecule has 3 aromatic rings. The maximum atomic E-state index is 13.3. The Morgan fingerprint density at radius 3 is 2.39 bits per heavy atom. The summed E-state index contributed by atoms with van der Waals surface area (Å²) in [5.41, 5.74) is 0.694. The largest absolute Gasteiger partial charge is 0.481 e. The summed E-state index contributed by atoms with van der Waals surface area (Å²) in [6, 6.07) is 10.4. The first-order chi connectivity index (χ1) is 14.6. The predicted molar refractivity (Wildman–Crippen MR) is 111 cm³/mol. The first-order valence-corrected chi connectivity index (χ1v) is 9.97. The third kappa shape index (κ3) is 3.80. The second-order valence-corrected chi connectivity index (χ2v) is 8.28. The first-order valence-electron chi connectivity index (χ1n) is 9.97. The number of aromatic nitrogens is 2. The van der Waals surface area contributed by atoms with E-state index in [-0.39, 0.29) is 18.0 Å². The van der Waals surface area contributed by atoms with Crippen LogP contribution in [-0.4, -0.2) is 33.3 Å². The number of aliphatic carboxylic acids is 1. The van der Waals surface area contributed by atoms with Crippen LogP contribution in [0.15, 0.2) is 47.3 Å². The summed E-state index contributed by atoms with van der Waals surface area (Å²) in [6.45, 7) is 4.82. The molecule has 0 bridgehead atoms. The Balaban J connectivity index is 1.83. The molecular weight excluding hydrogens is 411 g/mol. The maximum Gasteiger partial charge on any atom is 0.416 e. The van der Waals surface area contributed by atoms with Crippen molar-refractivity contribution in [1.82, 2.24) is 9.13 Å². The second-order valence-electron chi connectivity index (χ2n) is 8.28. The molecule has 9 heteroatoms. The number of anilines is 1. The molecule has 1 aliphatic rings. The van der Waals surface area contributed by atoms with Crippen LogP contribution in [0, 0.1) is 11.8 Å². The quantitative estimate of drug-likeness (QED) is 0.661. The van der Waals surface area contributed by atoms with Gasteiger partial charge in [0.05, 0.1) is 28.2 Å². The monoisotopic (exact) mass is 433 g/mol. The van der Waals surface area contributed by atoms with Gasteiger partial charge >= 0.3 is 17.8 Å². The molecule has 0 amide bonds. The van der Waals surface area contributed by atoms with Crippen LogP contribution in [0.2, 0.25) is 0 Å². The smallest absolute Gasteiger partial charge is 0.416 e. The number of imidazole rings is 1. The molecule has 0 radical (unpaired) electrons. The molecule has 0 spiro atoms. The van der Waals surface area contributed by atoms with Gasteiger partial charge in [0.2, 0.25) is 0 Å². The Morgan fingerprint density at radius 2 is 1.77 bits per heavy atom. The van der Waals surface area contributed by atoms with Crippen molar-refractivity contribution >= 4 is 22.7 Å². The van der Waals surface area contributed by atoms with Crippen molar-refractivity contribution in [3.05, 3.63) is 58.5 Å². The van der Waals surface area contributed by atoms with Gasteiger partial charge in [-0.15, -0.1) is 0 Å². The van der Waals surface area contributed by atoms with E-state index in [0.29, 0.717) is 24.3 Å². The lowest BCUT2D eigenvalue weighted by Crippen LogP contribution is -2.50. The number of nitrogens with zero attached hydrogens (tertiary/aromatic N) is 3. The van der Waals surface area contributed by atoms with Crippen molar-refractivity contribution in [3.8, 4) is 5.69 Å². The van der Waals surface area contributed by atoms with Crippen LogP contribution < -0.4 is 10.6 Å². The standard InChI is InChI=1S/C22H22F3N3O3/c1-13(2)10-27-19-8-15(22(23,24)25)6-7-18(19)28(21(27)31)17-5-3-4-16(9-17)26-11-14(12-26)20(29)30/h3-9,13-14H,10-12H2,1-2H3,(H,29,30). The molecule has 1 aromatic heterocycles. The molecule has 2 aromatic carbocycles. The minimum atomic E-state index is -4.51. The first kappa shape index (κ1) is 21.0. The van der Waals surface area contributed by atoms with Crippen molar-refractivity contribution in [2.75, 3.05) is 18.0 Å². The Labute approximate surface area is 176 Å². The van der Waals surface area contributed by atoms with Gasteiger partial charge in [-0.2, -0.15) is 13.2 Å². The predicted octanol–water partition coefficient (Wildman–Crippen LogP) is 3.99. The molecule has 4 rings (SSSR count). The van der Waals surface area contributed by atoms with Gasteiger partial charge < -0.3 is 10.0 Å². The summed E-state index contributed by atoms with van der Waals surface area (Å²) < 4.78 is 42.6. The molecule has 0 unspecified atom stereocenters. The Hall–Kier alpha value is -3.23. The van der Waals surface area contributed by atoms with Gasteiger partial charge in [0.15, 0.2) is 0 Å². The van der Waals surface area contributed by atoms with Crippen molar-refractivity contribution in [1.29, 1.82) is 0 Å². The summed E-state index contributed by atoms with van der Waals surface area (Å²) in [5.74, 6) is -1.22. The van der Waals surface area contributed by atoms with E-state index < -0.39 is 29.3 Å². The van der Waals surface area contributed by atoms with E-state index in [1.165, 1.54) is 15.2 Å². The number of rotatable bonds is 5. The van der Waals surface area contributed by atoms with Crippen LogP contribution in [0.5, 0.6) is 0 Å². The van der Waals surface area contributed by atoms with Gasteiger partial charge in [0, 0.05) is 25.3 Å².